The Balaban J connectivity index is 1.66. The normalized spacial score (nSPS) is 19.2. The van der Waals surface area contributed by atoms with E-state index in [0.29, 0.717) is 0 Å². The van der Waals surface area contributed by atoms with E-state index in [1.165, 1.54) is 0 Å². The molecule has 1 atom stereocenters. The topological polar surface area (TPSA) is 50.9 Å². The molecule has 0 saturated carbocycles. The molecule has 6 nitrogen and oxygen atoms in total. The maximum atomic E-state index is 6.13. The molecule has 126 valence electrons. The van der Waals surface area contributed by atoms with Crippen molar-refractivity contribution in [2.24, 2.45) is 14.1 Å². The Kier molecular flexibility index (Phi) is 4.04. The predicted octanol–water partition coefficient (Wildman–Crippen LogP) is 2.11. The number of aryl methyl sites for hydroxylation is 2. The highest BCUT2D eigenvalue weighted by atomic mass is 35.5. The van der Waals surface area contributed by atoms with Gasteiger partial charge in [-0.25, -0.2) is 9.97 Å². The molecular formula is C17H21ClN6. The van der Waals surface area contributed by atoms with Crippen molar-refractivity contribution in [3.05, 3.63) is 47.3 Å². The van der Waals surface area contributed by atoms with E-state index in [9.17, 15) is 0 Å². The summed E-state index contributed by atoms with van der Waals surface area (Å²) in [5.74, 6) is 2.14. The molecule has 1 unspecified atom stereocenters. The molecule has 1 aliphatic heterocycles. The van der Waals surface area contributed by atoms with E-state index in [-0.39, 0.29) is 6.04 Å². The summed E-state index contributed by atoms with van der Waals surface area (Å²) in [5.41, 5.74) is 2.06. The van der Waals surface area contributed by atoms with Crippen molar-refractivity contribution in [1.29, 1.82) is 0 Å². The third-order valence-electron chi connectivity index (χ3n) is 4.79. The Labute approximate surface area is 146 Å². The van der Waals surface area contributed by atoms with Crippen LogP contribution < -0.4 is 5.32 Å². The molecule has 4 rings (SSSR count). The predicted molar refractivity (Wildman–Crippen MR) is 95.0 cm³/mol. The van der Waals surface area contributed by atoms with E-state index in [0.717, 1.165) is 53.9 Å². The molecule has 7 heteroatoms. The van der Waals surface area contributed by atoms with Crippen molar-refractivity contribution >= 4 is 22.6 Å². The fourth-order valence-electron chi connectivity index (χ4n) is 3.42. The number of fused-ring (bicyclic) bond motifs is 1. The first-order chi connectivity index (χ1) is 11.6. The van der Waals surface area contributed by atoms with Crippen LogP contribution in [0.2, 0.25) is 5.02 Å². The maximum Gasteiger partial charge on any atom is 0.127 e. The highest BCUT2D eigenvalue weighted by Crippen LogP contribution is 2.25. The van der Waals surface area contributed by atoms with Crippen LogP contribution >= 0.6 is 11.6 Å². The molecule has 0 amide bonds. The number of nitrogens with zero attached hydrogens (tertiary/aromatic N) is 5. The van der Waals surface area contributed by atoms with Crippen LogP contribution in [0.5, 0.6) is 0 Å². The van der Waals surface area contributed by atoms with Gasteiger partial charge in [-0.2, -0.15) is 0 Å². The lowest BCUT2D eigenvalue weighted by atomic mass is 10.1. The number of hydrogen-bond donors (Lipinski definition) is 1. The minimum atomic E-state index is 0.252. The van der Waals surface area contributed by atoms with Gasteiger partial charge in [0.2, 0.25) is 0 Å². The first-order valence-corrected chi connectivity index (χ1v) is 8.54. The van der Waals surface area contributed by atoms with Gasteiger partial charge < -0.3 is 14.5 Å². The molecule has 1 aromatic carbocycles. The number of rotatable bonds is 3. The van der Waals surface area contributed by atoms with Crippen LogP contribution in [-0.4, -0.2) is 43.6 Å². The lowest BCUT2D eigenvalue weighted by molar-refractivity contribution is 0.140. The lowest BCUT2D eigenvalue weighted by Crippen LogP contribution is -2.46. The summed E-state index contributed by atoms with van der Waals surface area (Å²) in [4.78, 5) is 11.8. The highest BCUT2D eigenvalue weighted by Gasteiger charge is 2.27. The van der Waals surface area contributed by atoms with Crippen LogP contribution in [0, 0.1) is 0 Å². The minimum absolute atomic E-state index is 0.252. The van der Waals surface area contributed by atoms with Gasteiger partial charge in [0, 0.05) is 51.1 Å². The van der Waals surface area contributed by atoms with Crippen LogP contribution in [0.1, 0.15) is 17.7 Å². The van der Waals surface area contributed by atoms with E-state index in [4.69, 9.17) is 16.6 Å². The molecule has 1 aliphatic rings. The van der Waals surface area contributed by atoms with Crippen LogP contribution in [0.25, 0.3) is 11.0 Å². The first kappa shape index (κ1) is 15.6. The van der Waals surface area contributed by atoms with E-state index in [1.807, 2.05) is 37.6 Å². The number of nitrogens with one attached hydrogen (secondary N) is 1. The van der Waals surface area contributed by atoms with Crippen molar-refractivity contribution in [3.8, 4) is 0 Å². The van der Waals surface area contributed by atoms with Crippen molar-refractivity contribution in [3.63, 3.8) is 0 Å². The van der Waals surface area contributed by atoms with Gasteiger partial charge in [0.1, 0.15) is 11.6 Å². The molecule has 2 aromatic heterocycles. The quantitative estimate of drug-likeness (QED) is 0.790. The third kappa shape index (κ3) is 2.70. The number of aromatic nitrogens is 4. The largest absolute Gasteiger partial charge is 0.337 e. The molecule has 1 saturated heterocycles. The summed E-state index contributed by atoms with van der Waals surface area (Å²) in [7, 11) is 4.10. The highest BCUT2D eigenvalue weighted by molar-refractivity contribution is 6.31. The Morgan fingerprint density at radius 2 is 2.21 bits per heavy atom. The third-order valence-corrected chi connectivity index (χ3v) is 5.03. The molecule has 3 aromatic rings. The summed E-state index contributed by atoms with van der Waals surface area (Å²) >= 11 is 6.13. The Hall–Kier alpha value is -1.89. The molecule has 1 fully saturated rings. The molecule has 0 radical (unpaired) electrons. The van der Waals surface area contributed by atoms with Gasteiger partial charge in [-0.3, -0.25) is 4.90 Å². The fraction of sp³-hybridized carbons (Fsp3) is 0.412. The monoisotopic (exact) mass is 344 g/mol. The summed E-state index contributed by atoms with van der Waals surface area (Å²) in [6.45, 7) is 3.65. The second kappa shape index (κ2) is 6.20. The minimum Gasteiger partial charge on any atom is -0.337 e. The molecule has 24 heavy (non-hydrogen) atoms. The van der Waals surface area contributed by atoms with Gasteiger partial charge in [-0.05, 0) is 18.2 Å². The Morgan fingerprint density at radius 3 is 3.00 bits per heavy atom. The summed E-state index contributed by atoms with van der Waals surface area (Å²) < 4.78 is 4.23. The maximum absolute atomic E-state index is 6.13. The Bertz CT molecular complexity index is 867. The zero-order chi connectivity index (χ0) is 16.7. The second-order valence-electron chi connectivity index (χ2n) is 6.31. The van der Waals surface area contributed by atoms with E-state index in [2.05, 4.69) is 31.4 Å². The average molecular weight is 345 g/mol. The smallest absolute Gasteiger partial charge is 0.127 e. The fourth-order valence-corrected chi connectivity index (χ4v) is 3.59. The van der Waals surface area contributed by atoms with Crippen LogP contribution in [-0.2, 0) is 20.6 Å². The molecule has 0 spiro atoms. The second-order valence-corrected chi connectivity index (χ2v) is 6.74. The van der Waals surface area contributed by atoms with Gasteiger partial charge in [-0.1, -0.05) is 11.6 Å². The number of piperazine rings is 1. The van der Waals surface area contributed by atoms with E-state index < -0.39 is 0 Å². The van der Waals surface area contributed by atoms with Gasteiger partial charge in [-0.15, -0.1) is 0 Å². The number of halogens is 1. The summed E-state index contributed by atoms with van der Waals surface area (Å²) in [5, 5.41) is 4.22. The van der Waals surface area contributed by atoms with E-state index in [1.54, 1.807) is 0 Å². The lowest BCUT2D eigenvalue weighted by Gasteiger charge is -2.35. The van der Waals surface area contributed by atoms with Crippen LogP contribution in [0.3, 0.4) is 0 Å². The average Bonchev–Trinajstić information content (AvgIpc) is 3.13. The molecule has 0 aliphatic carbocycles. The zero-order valence-electron chi connectivity index (χ0n) is 13.9. The van der Waals surface area contributed by atoms with Crippen molar-refractivity contribution in [2.45, 2.75) is 12.6 Å². The van der Waals surface area contributed by atoms with Gasteiger partial charge >= 0.3 is 0 Å². The van der Waals surface area contributed by atoms with Crippen LogP contribution in [0.4, 0.5) is 0 Å². The molecule has 3 heterocycles. The van der Waals surface area contributed by atoms with Gasteiger partial charge in [0.15, 0.2) is 0 Å². The van der Waals surface area contributed by atoms with Crippen molar-refractivity contribution < 1.29 is 0 Å². The number of benzene rings is 1. The SMILES string of the molecule is Cn1ccnc1C1CNCCN1Cc1nc2ccc(Cl)cc2n1C. The summed E-state index contributed by atoms with van der Waals surface area (Å²) in [6.07, 6.45) is 3.86. The standard InChI is InChI=1S/C17H21ClN6/c1-22-7-6-20-17(22)15-10-19-5-8-24(15)11-16-21-13-4-3-12(18)9-14(13)23(16)2/h3-4,6-7,9,15,19H,5,8,10-11H2,1-2H3. The van der Waals surface area contributed by atoms with Gasteiger partial charge in [0.05, 0.1) is 23.6 Å². The zero-order valence-corrected chi connectivity index (χ0v) is 14.7. The van der Waals surface area contributed by atoms with Crippen molar-refractivity contribution in [2.75, 3.05) is 19.6 Å². The number of hydrogen-bond acceptors (Lipinski definition) is 4. The summed E-state index contributed by atoms with van der Waals surface area (Å²) in [6, 6.07) is 6.10. The Morgan fingerprint density at radius 1 is 1.33 bits per heavy atom. The number of imidazole rings is 2. The molecular weight excluding hydrogens is 324 g/mol. The van der Waals surface area contributed by atoms with E-state index >= 15 is 0 Å². The van der Waals surface area contributed by atoms with Gasteiger partial charge in [0.25, 0.3) is 0 Å². The van der Waals surface area contributed by atoms with Crippen molar-refractivity contribution in [1.82, 2.24) is 29.3 Å². The van der Waals surface area contributed by atoms with Crippen LogP contribution in [0.15, 0.2) is 30.6 Å². The molecule has 0 bridgehead atoms. The molecule has 1 N–H and O–H groups in total. The first-order valence-electron chi connectivity index (χ1n) is 8.16.